The molecule has 0 saturated heterocycles. The van der Waals surface area contributed by atoms with E-state index >= 15 is 0 Å². The summed E-state index contributed by atoms with van der Waals surface area (Å²) in [6.07, 6.45) is -7.70. The summed E-state index contributed by atoms with van der Waals surface area (Å²) in [5.74, 6) is -2.98. The highest BCUT2D eigenvalue weighted by atomic mass is 35.5. The van der Waals surface area contributed by atoms with E-state index < -0.39 is 30.5 Å². The highest BCUT2D eigenvalue weighted by Crippen LogP contribution is 2.41. The molecule has 2 aromatic rings. The Morgan fingerprint density at radius 2 is 1.65 bits per heavy atom. The van der Waals surface area contributed by atoms with E-state index in [1.54, 1.807) is 0 Å². The van der Waals surface area contributed by atoms with Gasteiger partial charge in [0.05, 0.1) is 21.0 Å². The summed E-state index contributed by atoms with van der Waals surface area (Å²) < 4.78 is 77.1. The van der Waals surface area contributed by atoms with E-state index in [4.69, 9.17) is 34.8 Å². The van der Waals surface area contributed by atoms with E-state index in [1.807, 2.05) is 0 Å². The number of rotatable bonds is 7. The van der Waals surface area contributed by atoms with Gasteiger partial charge in [-0.25, -0.2) is 0 Å². The Morgan fingerprint density at radius 1 is 1.03 bits per heavy atom. The SMILES string of the molecule is O=C(CCc1ccc(/C=C/C(c2cc(Cl)c(Cl)c(Cl)c2)C(F)(F)F)cn1)CC(F)(F)F. The fourth-order valence-electron chi connectivity index (χ4n) is 2.63. The molecule has 0 radical (unpaired) electrons. The molecule has 0 aliphatic rings. The van der Waals surface area contributed by atoms with Gasteiger partial charge in [-0.3, -0.25) is 9.78 Å². The zero-order valence-corrected chi connectivity index (χ0v) is 17.8. The molecule has 0 aliphatic heterocycles. The monoisotopic (exact) mass is 503 g/mol. The van der Waals surface area contributed by atoms with Gasteiger partial charge in [0.25, 0.3) is 0 Å². The van der Waals surface area contributed by atoms with E-state index in [1.165, 1.54) is 24.4 Å². The Balaban J connectivity index is 2.12. The highest BCUT2D eigenvalue weighted by molar-refractivity contribution is 6.48. The van der Waals surface area contributed by atoms with Gasteiger partial charge in [-0.05, 0) is 35.7 Å². The predicted molar refractivity (Wildman–Crippen MR) is 108 cm³/mol. The van der Waals surface area contributed by atoms with Crippen molar-refractivity contribution in [2.75, 3.05) is 0 Å². The lowest BCUT2D eigenvalue weighted by Crippen LogP contribution is -2.19. The van der Waals surface area contributed by atoms with Crippen LogP contribution < -0.4 is 0 Å². The Kier molecular flexibility index (Phi) is 8.41. The molecule has 1 unspecified atom stereocenters. The van der Waals surface area contributed by atoms with Gasteiger partial charge in [0.15, 0.2) is 0 Å². The molecule has 0 spiro atoms. The summed E-state index contributed by atoms with van der Waals surface area (Å²) in [6, 6.07) is 5.04. The van der Waals surface area contributed by atoms with E-state index in [0.29, 0.717) is 11.3 Å². The van der Waals surface area contributed by atoms with Crippen molar-refractivity contribution < 1.29 is 31.1 Å². The summed E-state index contributed by atoms with van der Waals surface area (Å²) in [4.78, 5) is 15.3. The van der Waals surface area contributed by atoms with Crippen LogP contribution in [0.1, 0.15) is 35.6 Å². The first-order valence-electron chi connectivity index (χ1n) is 8.69. The quantitative estimate of drug-likeness (QED) is 0.284. The van der Waals surface area contributed by atoms with Crippen LogP contribution in [-0.4, -0.2) is 23.1 Å². The number of pyridine rings is 1. The lowest BCUT2D eigenvalue weighted by atomic mass is 9.97. The number of alkyl halides is 6. The van der Waals surface area contributed by atoms with Crippen molar-refractivity contribution in [3.8, 4) is 0 Å². The number of allylic oxidation sites excluding steroid dienone is 1. The molecule has 0 saturated carbocycles. The normalized spacial score (nSPS) is 13.6. The number of ketones is 1. The minimum Gasteiger partial charge on any atom is -0.299 e. The van der Waals surface area contributed by atoms with Crippen LogP contribution in [-0.2, 0) is 11.2 Å². The fraction of sp³-hybridized carbons (Fsp3) is 0.300. The Bertz CT molecular complexity index is 932. The number of benzene rings is 1. The second-order valence-electron chi connectivity index (χ2n) is 6.59. The average Bonchev–Trinajstić information content (AvgIpc) is 2.63. The van der Waals surface area contributed by atoms with Gasteiger partial charge in [0, 0.05) is 18.3 Å². The molecule has 2 rings (SSSR count). The molecule has 168 valence electrons. The average molecular weight is 505 g/mol. The first kappa shape index (κ1) is 25.5. The van der Waals surface area contributed by atoms with Crippen molar-refractivity contribution in [3.05, 3.63) is 68.4 Å². The maximum Gasteiger partial charge on any atom is 0.399 e. The first-order chi connectivity index (χ1) is 14.3. The lowest BCUT2D eigenvalue weighted by molar-refractivity contribution is -0.152. The third-order valence-corrected chi connectivity index (χ3v) is 5.30. The van der Waals surface area contributed by atoms with Crippen molar-refractivity contribution in [2.45, 2.75) is 37.5 Å². The molecule has 1 aromatic carbocycles. The Morgan fingerprint density at radius 3 is 2.13 bits per heavy atom. The molecule has 11 heteroatoms. The molecule has 0 aliphatic carbocycles. The van der Waals surface area contributed by atoms with Crippen LogP contribution >= 0.6 is 34.8 Å². The van der Waals surface area contributed by atoms with Gasteiger partial charge in [0.2, 0.25) is 0 Å². The molecule has 1 atom stereocenters. The number of aromatic nitrogens is 1. The van der Waals surface area contributed by atoms with Crippen molar-refractivity contribution in [3.63, 3.8) is 0 Å². The summed E-state index contributed by atoms with van der Waals surface area (Å²) in [6.45, 7) is 0. The molecular formula is C20H14Cl3F6NO. The van der Waals surface area contributed by atoms with Gasteiger partial charge in [-0.1, -0.05) is 53.0 Å². The van der Waals surface area contributed by atoms with Crippen molar-refractivity contribution in [1.82, 2.24) is 4.98 Å². The van der Waals surface area contributed by atoms with E-state index in [-0.39, 0.29) is 33.5 Å². The number of halogens is 9. The molecule has 31 heavy (non-hydrogen) atoms. The van der Waals surface area contributed by atoms with Gasteiger partial charge in [-0.15, -0.1) is 0 Å². The van der Waals surface area contributed by atoms with Crippen LogP contribution in [0.25, 0.3) is 6.08 Å². The molecular weight excluding hydrogens is 491 g/mol. The molecule has 0 bridgehead atoms. The molecule has 0 N–H and O–H groups in total. The van der Waals surface area contributed by atoms with Crippen molar-refractivity contribution >= 4 is 46.7 Å². The van der Waals surface area contributed by atoms with Crippen LogP contribution in [0, 0.1) is 0 Å². The van der Waals surface area contributed by atoms with Crippen LogP contribution in [0.4, 0.5) is 26.3 Å². The first-order valence-corrected chi connectivity index (χ1v) is 9.82. The van der Waals surface area contributed by atoms with E-state index in [9.17, 15) is 31.1 Å². The van der Waals surface area contributed by atoms with Gasteiger partial charge < -0.3 is 0 Å². The van der Waals surface area contributed by atoms with Gasteiger partial charge in [0.1, 0.15) is 12.2 Å². The van der Waals surface area contributed by atoms with E-state index in [0.717, 1.165) is 18.2 Å². The molecule has 0 fully saturated rings. The number of hydrogen-bond donors (Lipinski definition) is 0. The van der Waals surface area contributed by atoms with E-state index in [2.05, 4.69) is 4.98 Å². The summed E-state index contributed by atoms with van der Waals surface area (Å²) >= 11 is 17.4. The number of Topliss-reactive ketones (excluding diaryl/α,β-unsaturated/α-hetero) is 1. The van der Waals surface area contributed by atoms with Crippen LogP contribution in [0.5, 0.6) is 0 Å². The van der Waals surface area contributed by atoms with Crippen LogP contribution in [0.3, 0.4) is 0 Å². The lowest BCUT2D eigenvalue weighted by Gasteiger charge is -2.18. The topological polar surface area (TPSA) is 30.0 Å². The zero-order valence-electron chi connectivity index (χ0n) is 15.5. The molecule has 0 amide bonds. The third kappa shape index (κ3) is 8.01. The standard InChI is InChI=1S/C20H14Cl3F6NO/c21-16-7-12(8-17(22)18(16)23)15(20(27,28)29)6-2-11-1-3-13(30-10-11)4-5-14(31)9-19(24,25)26/h1-3,6-8,10,15H,4-5,9H2/b6-2+. The number of carbonyl (C=O) groups excluding carboxylic acids is 1. The predicted octanol–water partition coefficient (Wildman–Crippen LogP) is 7.86. The summed E-state index contributed by atoms with van der Waals surface area (Å²) in [5.41, 5.74) is 0.470. The summed E-state index contributed by atoms with van der Waals surface area (Å²) in [5, 5.41) is -0.277. The van der Waals surface area contributed by atoms with Gasteiger partial charge >= 0.3 is 12.4 Å². The molecule has 1 heterocycles. The fourth-order valence-corrected chi connectivity index (χ4v) is 3.25. The van der Waals surface area contributed by atoms with Crippen LogP contribution in [0.2, 0.25) is 15.1 Å². The smallest absolute Gasteiger partial charge is 0.299 e. The van der Waals surface area contributed by atoms with Gasteiger partial charge in [-0.2, -0.15) is 26.3 Å². The zero-order chi connectivity index (χ0) is 23.4. The largest absolute Gasteiger partial charge is 0.399 e. The summed E-state index contributed by atoms with van der Waals surface area (Å²) in [7, 11) is 0. The second-order valence-corrected chi connectivity index (χ2v) is 7.78. The highest BCUT2D eigenvalue weighted by Gasteiger charge is 2.39. The number of hydrogen-bond acceptors (Lipinski definition) is 2. The second kappa shape index (κ2) is 10.2. The minimum atomic E-state index is -4.64. The number of carbonyl (C=O) groups is 1. The number of nitrogens with zero attached hydrogens (tertiary/aromatic N) is 1. The minimum absolute atomic E-state index is 0.00808. The van der Waals surface area contributed by atoms with Crippen LogP contribution in [0.15, 0.2) is 36.5 Å². The Hall–Kier alpha value is -1.77. The van der Waals surface area contributed by atoms with Crippen molar-refractivity contribution in [2.24, 2.45) is 0 Å². The maximum absolute atomic E-state index is 13.5. The maximum atomic E-state index is 13.5. The Labute approximate surface area is 188 Å². The third-order valence-electron chi connectivity index (χ3n) is 4.10. The number of aryl methyl sites for hydroxylation is 1. The molecule has 1 aromatic heterocycles. The molecule has 2 nitrogen and oxygen atoms in total. The van der Waals surface area contributed by atoms with Crippen molar-refractivity contribution in [1.29, 1.82) is 0 Å².